The summed E-state index contributed by atoms with van der Waals surface area (Å²) in [5, 5.41) is 4.82. The molecule has 1 fully saturated rings. The van der Waals surface area contributed by atoms with Gasteiger partial charge in [0.25, 0.3) is 0 Å². The zero-order valence-electron chi connectivity index (χ0n) is 11.8. The summed E-state index contributed by atoms with van der Waals surface area (Å²) in [6.07, 6.45) is 5.03. The van der Waals surface area contributed by atoms with E-state index in [1.165, 1.54) is 12.8 Å². The van der Waals surface area contributed by atoms with Crippen molar-refractivity contribution in [3.8, 4) is 0 Å². The number of H-pyrrole nitrogens is 1. The predicted octanol–water partition coefficient (Wildman–Crippen LogP) is 3.46. The minimum atomic E-state index is 0. The Kier molecular flexibility index (Phi) is 12.2. The summed E-state index contributed by atoms with van der Waals surface area (Å²) in [5.74, 6) is 0. The number of nitrogens with zero attached hydrogens (tertiary/aromatic N) is 2. The average Bonchev–Trinajstić information content (AvgIpc) is 2.91. The van der Waals surface area contributed by atoms with Crippen molar-refractivity contribution in [1.82, 2.24) is 9.97 Å². The summed E-state index contributed by atoms with van der Waals surface area (Å²) in [5.41, 5.74) is 2.01. The fourth-order valence-corrected chi connectivity index (χ4v) is 1.79. The number of hydrogen-bond acceptors (Lipinski definition) is 2. The molecule has 1 aromatic heterocycles. The van der Waals surface area contributed by atoms with E-state index in [1.54, 1.807) is 0 Å². The molecule has 0 bridgehead atoms. The van der Waals surface area contributed by atoms with Crippen molar-refractivity contribution in [3.63, 3.8) is 0 Å². The van der Waals surface area contributed by atoms with E-state index in [-0.39, 0.29) is 37.7 Å². The number of thiol groups is 1. The SMILES string of the molecule is CC.SC1CC[N-]CC1.[Ca+2].[c-]1nc2ccccc2[nH]1. The molecule has 0 unspecified atom stereocenters. The Balaban J connectivity index is 0.000000296. The number of imidazole rings is 1. The van der Waals surface area contributed by atoms with E-state index in [2.05, 4.69) is 34.2 Å². The molecule has 19 heavy (non-hydrogen) atoms. The number of aromatic amines is 1. The number of piperidine rings is 1. The molecule has 5 heteroatoms. The smallest absolute Gasteiger partial charge is 0.662 e. The third-order valence-electron chi connectivity index (χ3n) is 2.51. The topological polar surface area (TPSA) is 42.8 Å². The first kappa shape index (κ1) is 19.3. The second-order valence-corrected chi connectivity index (χ2v) is 4.50. The van der Waals surface area contributed by atoms with E-state index < -0.39 is 0 Å². The van der Waals surface area contributed by atoms with Crippen molar-refractivity contribution in [3.05, 3.63) is 35.9 Å². The predicted molar refractivity (Wildman–Crippen MR) is 87.1 cm³/mol. The fourth-order valence-electron chi connectivity index (χ4n) is 1.56. The molecule has 0 radical (unpaired) electrons. The Morgan fingerprint density at radius 2 is 1.89 bits per heavy atom. The van der Waals surface area contributed by atoms with Gasteiger partial charge in [-0.15, -0.1) is 25.2 Å². The van der Waals surface area contributed by atoms with E-state index in [0.717, 1.165) is 24.1 Å². The summed E-state index contributed by atoms with van der Waals surface area (Å²) in [7, 11) is 0. The van der Waals surface area contributed by atoms with Crippen LogP contribution < -0.4 is 0 Å². The van der Waals surface area contributed by atoms with Gasteiger partial charge in [-0.3, -0.25) is 0 Å². The number of benzene rings is 1. The third kappa shape index (κ3) is 7.57. The van der Waals surface area contributed by atoms with E-state index in [9.17, 15) is 0 Å². The molecule has 0 amide bonds. The summed E-state index contributed by atoms with van der Waals surface area (Å²) >= 11 is 4.30. The van der Waals surface area contributed by atoms with Crippen LogP contribution in [0.25, 0.3) is 16.4 Å². The number of para-hydroxylation sites is 2. The van der Waals surface area contributed by atoms with Gasteiger partial charge in [0.05, 0.1) is 0 Å². The molecule has 0 atom stereocenters. The Morgan fingerprint density at radius 1 is 1.26 bits per heavy atom. The molecular formula is C14H21CaN3S. The number of aromatic nitrogens is 2. The van der Waals surface area contributed by atoms with Gasteiger partial charge in [-0.1, -0.05) is 49.9 Å². The van der Waals surface area contributed by atoms with E-state index >= 15 is 0 Å². The Hall–Kier alpha value is 0.260. The van der Waals surface area contributed by atoms with Crippen LogP contribution in [0, 0.1) is 6.33 Å². The van der Waals surface area contributed by atoms with Gasteiger partial charge in [0.1, 0.15) is 0 Å². The average molecular weight is 303 g/mol. The second-order valence-electron chi connectivity index (χ2n) is 3.77. The van der Waals surface area contributed by atoms with Gasteiger partial charge in [0.15, 0.2) is 0 Å². The van der Waals surface area contributed by atoms with Crippen molar-refractivity contribution >= 4 is 61.4 Å². The molecule has 3 nitrogen and oxygen atoms in total. The minimum absolute atomic E-state index is 0. The number of rotatable bonds is 0. The van der Waals surface area contributed by atoms with E-state index in [0.29, 0.717) is 5.25 Å². The van der Waals surface area contributed by atoms with Crippen LogP contribution in [0.3, 0.4) is 0 Å². The van der Waals surface area contributed by atoms with Crippen LogP contribution in [-0.4, -0.2) is 66.0 Å². The Bertz CT molecular complexity index is 397. The molecule has 2 aromatic rings. The number of fused-ring (bicyclic) bond motifs is 1. The van der Waals surface area contributed by atoms with E-state index in [4.69, 9.17) is 0 Å². The molecule has 3 rings (SSSR count). The molecule has 1 N–H and O–H groups in total. The second kappa shape index (κ2) is 12.0. The Labute approximate surface area is 151 Å². The van der Waals surface area contributed by atoms with Gasteiger partial charge < -0.3 is 15.3 Å². The van der Waals surface area contributed by atoms with Gasteiger partial charge >= 0.3 is 37.7 Å². The van der Waals surface area contributed by atoms with Crippen molar-refractivity contribution in [2.45, 2.75) is 31.9 Å². The first-order valence-electron chi connectivity index (χ1n) is 6.48. The first-order chi connectivity index (χ1) is 8.86. The van der Waals surface area contributed by atoms with Crippen molar-refractivity contribution in [2.24, 2.45) is 0 Å². The van der Waals surface area contributed by atoms with Crippen LogP contribution >= 0.6 is 12.6 Å². The van der Waals surface area contributed by atoms with Crippen molar-refractivity contribution < 1.29 is 0 Å². The fraction of sp³-hybridized carbons (Fsp3) is 0.500. The van der Waals surface area contributed by atoms with Crippen LogP contribution in [0.1, 0.15) is 26.7 Å². The molecule has 2 heterocycles. The van der Waals surface area contributed by atoms with Gasteiger partial charge in [0.2, 0.25) is 0 Å². The molecule has 1 aromatic carbocycles. The third-order valence-corrected chi connectivity index (χ3v) is 3.03. The van der Waals surface area contributed by atoms with Gasteiger partial charge in [-0.2, -0.15) is 12.6 Å². The van der Waals surface area contributed by atoms with Crippen molar-refractivity contribution in [1.29, 1.82) is 0 Å². The standard InChI is InChI=1S/C7H5N2.C5H10NS.C2H6.Ca/c1-2-4-7-6(3-1)8-5-9-7;7-5-1-3-6-4-2-5;1-2;/h1-4H,(H,8,9);5,7H,1-4H2;1-2H3;/q2*-1;;+2. The van der Waals surface area contributed by atoms with Crippen LogP contribution in [0.4, 0.5) is 0 Å². The van der Waals surface area contributed by atoms with Gasteiger partial charge in [-0.05, 0) is 11.6 Å². The molecular weight excluding hydrogens is 282 g/mol. The summed E-state index contributed by atoms with van der Waals surface area (Å²) in [6, 6.07) is 7.84. The minimum Gasteiger partial charge on any atom is -0.662 e. The Morgan fingerprint density at radius 3 is 2.42 bits per heavy atom. The number of hydrogen-bond donors (Lipinski definition) is 2. The summed E-state index contributed by atoms with van der Waals surface area (Å²) in [6.45, 7) is 6.07. The van der Waals surface area contributed by atoms with Crippen LogP contribution in [-0.2, 0) is 0 Å². The van der Waals surface area contributed by atoms with Crippen LogP contribution in [0.5, 0.6) is 0 Å². The zero-order chi connectivity index (χ0) is 13.2. The van der Waals surface area contributed by atoms with Crippen molar-refractivity contribution in [2.75, 3.05) is 13.1 Å². The van der Waals surface area contributed by atoms with Gasteiger partial charge in [-0.25, -0.2) is 0 Å². The normalized spacial score (nSPS) is 14.5. The first-order valence-corrected chi connectivity index (χ1v) is 7.00. The summed E-state index contributed by atoms with van der Waals surface area (Å²) in [4.78, 5) is 6.82. The van der Waals surface area contributed by atoms with Crippen LogP contribution in [0.2, 0.25) is 0 Å². The molecule has 1 aliphatic heterocycles. The molecule has 0 aliphatic carbocycles. The zero-order valence-corrected chi connectivity index (χ0v) is 14.9. The monoisotopic (exact) mass is 303 g/mol. The molecule has 1 saturated heterocycles. The maximum Gasteiger partial charge on any atom is 2.00 e. The quantitative estimate of drug-likeness (QED) is 0.437. The van der Waals surface area contributed by atoms with Gasteiger partial charge in [0, 0.05) is 0 Å². The summed E-state index contributed by atoms with van der Waals surface area (Å²) < 4.78 is 0. The molecule has 1 aliphatic rings. The van der Waals surface area contributed by atoms with Crippen LogP contribution in [0.15, 0.2) is 24.3 Å². The largest absolute Gasteiger partial charge is 2.00 e. The number of nitrogens with one attached hydrogen (secondary N) is 1. The maximum atomic E-state index is 4.30. The molecule has 0 saturated carbocycles. The maximum absolute atomic E-state index is 4.30. The molecule has 0 spiro atoms. The molecule has 100 valence electrons. The van der Waals surface area contributed by atoms with E-state index in [1.807, 2.05) is 38.1 Å².